The fourth-order valence-electron chi connectivity index (χ4n) is 3.13. The molecule has 1 aliphatic heterocycles. The predicted molar refractivity (Wildman–Crippen MR) is 90.7 cm³/mol. The van der Waals surface area contributed by atoms with Crippen molar-refractivity contribution in [2.45, 2.75) is 6.42 Å². The third-order valence-electron chi connectivity index (χ3n) is 4.67. The van der Waals surface area contributed by atoms with Gasteiger partial charge in [0.25, 0.3) is 5.56 Å². The molecule has 1 aliphatic rings. The molecule has 0 unspecified atom stereocenters. The third kappa shape index (κ3) is 2.96. The van der Waals surface area contributed by atoms with Crippen LogP contribution in [0.25, 0.3) is 11.2 Å². The Morgan fingerprint density at radius 2 is 1.83 bits per heavy atom. The zero-order valence-corrected chi connectivity index (χ0v) is 14.5. The summed E-state index contributed by atoms with van der Waals surface area (Å²) >= 11 is 0. The molecule has 1 fully saturated rings. The maximum atomic E-state index is 12.3. The van der Waals surface area contributed by atoms with E-state index in [9.17, 15) is 9.59 Å². The number of aromatic nitrogens is 4. The molecule has 9 heteroatoms. The molecule has 9 nitrogen and oxygen atoms in total. The second-order valence-corrected chi connectivity index (χ2v) is 6.27. The molecule has 0 aliphatic carbocycles. The van der Waals surface area contributed by atoms with E-state index in [2.05, 4.69) is 10.3 Å². The average Bonchev–Trinajstić information content (AvgIpc) is 2.93. The number of nitrogens with zero attached hydrogens (tertiary/aromatic N) is 4. The molecular formula is C15H25N6O3+. The number of quaternary nitrogens is 1. The van der Waals surface area contributed by atoms with E-state index in [1.165, 1.54) is 11.6 Å². The van der Waals surface area contributed by atoms with Crippen LogP contribution in [0.2, 0.25) is 0 Å². The molecule has 2 aromatic heterocycles. The average molecular weight is 337 g/mol. The minimum absolute atomic E-state index is 0.325. The lowest BCUT2D eigenvalue weighted by molar-refractivity contribution is -0.908. The van der Waals surface area contributed by atoms with E-state index >= 15 is 0 Å². The molecule has 0 saturated carbocycles. The van der Waals surface area contributed by atoms with Crippen molar-refractivity contribution in [3.8, 4) is 0 Å². The van der Waals surface area contributed by atoms with Gasteiger partial charge in [-0.25, -0.2) is 4.79 Å². The van der Waals surface area contributed by atoms with Crippen molar-refractivity contribution in [2.24, 2.45) is 21.1 Å². The van der Waals surface area contributed by atoms with E-state index in [0.717, 1.165) is 50.4 Å². The van der Waals surface area contributed by atoms with E-state index in [-0.39, 0.29) is 11.2 Å². The Bertz CT molecular complexity index is 843. The zero-order valence-electron chi connectivity index (χ0n) is 14.5. The largest absolute Gasteiger partial charge is 0.370 e. The molecule has 0 radical (unpaired) electrons. The SMILES string of the molecule is Cn1c(=O)c2c(nc(NCCC[NH+]3CCOCC3)n2C)n(C)c1=O. The van der Waals surface area contributed by atoms with Gasteiger partial charge in [-0.15, -0.1) is 0 Å². The van der Waals surface area contributed by atoms with Crippen molar-refractivity contribution >= 4 is 17.1 Å². The van der Waals surface area contributed by atoms with Crippen LogP contribution in [0.15, 0.2) is 9.59 Å². The standard InChI is InChI=1S/C15H24N6O3/c1-18-11-12(19(2)15(23)20(3)13(11)22)17-14(18)16-5-4-6-21-7-9-24-10-8-21/h4-10H2,1-3H3,(H,16,17)/p+1. The number of hydrogen-bond donors (Lipinski definition) is 2. The first-order valence-electron chi connectivity index (χ1n) is 8.28. The molecule has 1 saturated heterocycles. The normalized spacial score (nSPS) is 16.0. The van der Waals surface area contributed by atoms with Crippen LogP contribution >= 0.6 is 0 Å². The third-order valence-corrected chi connectivity index (χ3v) is 4.67. The Balaban J connectivity index is 1.72. The first kappa shape index (κ1) is 16.7. The second-order valence-electron chi connectivity index (χ2n) is 6.27. The monoisotopic (exact) mass is 337 g/mol. The Morgan fingerprint density at radius 3 is 2.54 bits per heavy atom. The highest BCUT2D eigenvalue weighted by Gasteiger charge is 2.17. The van der Waals surface area contributed by atoms with Gasteiger partial charge in [-0.3, -0.25) is 13.9 Å². The highest BCUT2D eigenvalue weighted by molar-refractivity contribution is 5.74. The van der Waals surface area contributed by atoms with Gasteiger partial charge in [-0.1, -0.05) is 0 Å². The molecular weight excluding hydrogens is 312 g/mol. The van der Waals surface area contributed by atoms with Crippen LogP contribution in [-0.2, 0) is 25.9 Å². The fraction of sp³-hybridized carbons (Fsp3) is 0.667. The maximum Gasteiger partial charge on any atom is 0.332 e. The highest BCUT2D eigenvalue weighted by Crippen LogP contribution is 2.12. The van der Waals surface area contributed by atoms with E-state index in [1.807, 2.05) is 0 Å². The lowest BCUT2D eigenvalue weighted by Crippen LogP contribution is -3.14. The number of nitrogens with one attached hydrogen (secondary N) is 2. The number of anilines is 1. The van der Waals surface area contributed by atoms with Crippen LogP contribution in [0, 0.1) is 0 Å². The van der Waals surface area contributed by atoms with Gasteiger partial charge in [0.1, 0.15) is 13.1 Å². The van der Waals surface area contributed by atoms with Crippen molar-refractivity contribution in [1.82, 2.24) is 18.7 Å². The van der Waals surface area contributed by atoms with Gasteiger partial charge in [0, 0.05) is 34.1 Å². The van der Waals surface area contributed by atoms with E-state index in [1.54, 1.807) is 23.6 Å². The Hall–Kier alpha value is -2.13. The predicted octanol–water partition coefficient (Wildman–Crippen LogP) is -2.31. The van der Waals surface area contributed by atoms with Gasteiger partial charge < -0.3 is 19.5 Å². The molecule has 0 amide bonds. The smallest absolute Gasteiger partial charge is 0.332 e. The quantitative estimate of drug-likeness (QED) is 0.599. The maximum absolute atomic E-state index is 12.3. The second kappa shape index (κ2) is 6.78. The van der Waals surface area contributed by atoms with Crippen LogP contribution in [-0.4, -0.2) is 58.1 Å². The van der Waals surface area contributed by atoms with Crippen LogP contribution in [0.1, 0.15) is 6.42 Å². The van der Waals surface area contributed by atoms with E-state index in [4.69, 9.17) is 4.74 Å². The molecule has 2 N–H and O–H groups in total. The number of rotatable bonds is 5. The van der Waals surface area contributed by atoms with Gasteiger partial charge in [-0.05, 0) is 0 Å². The highest BCUT2D eigenvalue weighted by atomic mass is 16.5. The van der Waals surface area contributed by atoms with Gasteiger partial charge in [0.05, 0.1) is 19.8 Å². The van der Waals surface area contributed by atoms with Crippen molar-refractivity contribution in [3.05, 3.63) is 20.8 Å². The number of imidazole rings is 1. The molecule has 0 bridgehead atoms. The van der Waals surface area contributed by atoms with Crippen LogP contribution in [0.5, 0.6) is 0 Å². The Kier molecular flexibility index (Phi) is 4.72. The van der Waals surface area contributed by atoms with Crippen LogP contribution in [0.4, 0.5) is 5.95 Å². The summed E-state index contributed by atoms with van der Waals surface area (Å²) in [5.74, 6) is 0.611. The molecule has 2 aromatic rings. The Labute approximate surface area is 139 Å². The van der Waals surface area contributed by atoms with Gasteiger partial charge >= 0.3 is 5.69 Å². The van der Waals surface area contributed by atoms with E-state index in [0.29, 0.717) is 17.1 Å². The van der Waals surface area contributed by atoms with Crippen LogP contribution < -0.4 is 21.5 Å². The summed E-state index contributed by atoms with van der Waals surface area (Å²) in [6, 6.07) is 0. The topological polar surface area (TPSA) is 87.5 Å². The Morgan fingerprint density at radius 1 is 1.12 bits per heavy atom. The molecule has 132 valence electrons. The molecule has 0 atom stereocenters. The first-order valence-corrected chi connectivity index (χ1v) is 8.28. The molecule has 0 spiro atoms. The summed E-state index contributed by atoms with van der Waals surface area (Å²) < 4.78 is 9.59. The number of fused-ring (bicyclic) bond motifs is 1. The number of hydrogen-bond acceptors (Lipinski definition) is 5. The summed E-state index contributed by atoms with van der Waals surface area (Å²) in [5, 5.41) is 3.28. The van der Waals surface area contributed by atoms with E-state index < -0.39 is 0 Å². The fourth-order valence-corrected chi connectivity index (χ4v) is 3.13. The summed E-state index contributed by atoms with van der Waals surface area (Å²) in [6.45, 7) is 5.65. The summed E-state index contributed by atoms with van der Waals surface area (Å²) in [7, 11) is 4.90. The van der Waals surface area contributed by atoms with Gasteiger partial charge in [0.2, 0.25) is 5.95 Å². The van der Waals surface area contributed by atoms with Crippen molar-refractivity contribution in [1.29, 1.82) is 0 Å². The lowest BCUT2D eigenvalue weighted by Gasteiger charge is -2.23. The minimum Gasteiger partial charge on any atom is -0.370 e. The minimum atomic E-state index is -0.368. The summed E-state index contributed by atoms with van der Waals surface area (Å²) in [6.07, 6.45) is 1.01. The summed E-state index contributed by atoms with van der Waals surface area (Å²) in [4.78, 5) is 30.3. The zero-order chi connectivity index (χ0) is 17.3. The lowest BCUT2D eigenvalue weighted by atomic mass is 10.3. The molecule has 3 heterocycles. The molecule has 0 aromatic carbocycles. The van der Waals surface area contributed by atoms with Crippen molar-refractivity contribution in [3.63, 3.8) is 0 Å². The van der Waals surface area contributed by atoms with Crippen molar-refractivity contribution in [2.75, 3.05) is 44.7 Å². The number of morpholine rings is 1. The number of ether oxygens (including phenoxy) is 1. The van der Waals surface area contributed by atoms with Crippen LogP contribution in [0.3, 0.4) is 0 Å². The molecule has 24 heavy (non-hydrogen) atoms. The summed E-state index contributed by atoms with van der Waals surface area (Å²) in [5.41, 5.74) is 0.148. The first-order chi connectivity index (χ1) is 11.5. The van der Waals surface area contributed by atoms with Crippen molar-refractivity contribution < 1.29 is 9.64 Å². The van der Waals surface area contributed by atoms with Gasteiger partial charge in [-0.2, -0.15) is 4.98 Å². The molecule has 3 rings (SSSR count). The van der Waals surface area contributed by atoms with Gasteiger partial charge in [0.15, 0.2) is 11.2 Å². The number of aryl methyl sites for hydroxylation is 2.